The minimum Gasteiger partial charge on any atom is -0.349 e. The van der Waals surface area contributed by atoms with Gasteiger partial charge in [-0.05, 0) is 55.1 Å². The van der Waals surface area contributed by atoms with Gasteiger partial charge in [-0.1, -0.05) is 30.3 Å². The molecule has 1 aliphatic rings. The first-order chi connectivity index (χ1) is 12.3. The molecule has 1 atom stereocenters. The molecule has 0 radical (unpaired) electrons. The second-order valence-corrected chi connectivity index (χ2v) is 6.50. The van der Waals surface area contributed by atoms with E-state index in [1.807, 2.05) is 18.2 Å². The highest BCUT2D eigenvalue weighted by molar-refractivity contribution is 5.91. The van der Waals surface area contributed by atoms with Crippen LogP contribution in [0.1, 0.15) is 24.0 Å². The molecule has 2 heterocycles. The van der Waals surface area contributed by atoms with Crippen molar-refractivity contribution < 1.29 is 4.79 Å². The highest BCUT2D eigenvalue weighted by Crippen LogP contribution is 2.11. The Bertz CT molecular complexity index is 685. The topological polar surface area (TPSA) is 45.2 Å². The van der Waals surface area contributed by atoms with E-state index in [9.17, 15) is 4.79 Å². The van der Waals surface area contributed by atoms with Crippen molar-refractivity contribution in [2.75, 3.05) is 19.6 Å². The third-order valence-electron chi connectivity index (χ3n) is 4.54. The predicted octanol–water partition coefficient (Wildman–Crippen LogP) is 2.92. The standard InChI is InChI=1S/C21H25N3O/c25-21(9-8-19-10-13-22-14-11-19)23-20-7-4-15-24(17-20)16-12-18-5-2-1-3-6-18/h1-3,5-6,8-11,13-14,20H,4,7,12,15-17H2,(H,23,25)/b9-8+/t20-/m0/s1. The van der Waals surface area contributed by atoms with Crippen molar-refractivity contribution in [2.24, 2.45) is 0 Å². The van der Waals surface area contributed by atoms with E-state index in [4.69, 9.17) is 0 Å². The Labute approximate surface area is 149 Å². The van der Waals surface area contributed by atoms with Gasteiger partial charge in [0.25, 0.3) is 0 Å². The van der Waals surface area contributed by atoms with Crippen molar-refractivity contribution in [3.63, 3.8) is 0 Å². The van der Waals surface area contributed by atoms with Gasteiger partial charge in [-0.15, -0.1) is 0 Å². The van der Waals surface area contributed by atoms with E-state index in [1.54, 1.807) is 18.5 Å². The van der Waals surface area contributed by atoms with Crippen molar-refractivity contribution >= 4 is 12.0 Å². The Morgan fingerprint density at radius 3 is 2.80 bits per heavy atom. The number of benzene rings is 1. The van der Waals surface area contributed by atoms with Crippen LogP contribution in [0.3, 0.4) is 0 Å². The quantitative estimate of drug-likeness (QED) is 0.826. The van der Waals surface area contributed by atoms with Crippen LogP contribution in [0.2, 0.25) is 0 Å². The van der Waals surface area contributed by atoms with Gasteiger partial charge >= 0.3 is 0 Å². The number of likely N-dealkylation sites (tertiary alicyclic amines) is 1. The second-order valence-electron chi connectivity index (χ2n) is 6.50. The lowest BCUT2D eigenvalue weighted by Gasteiger charge is -2.33. The summed E-state index contributed by atoms with van der Waals surface area (Å²) in [6, 6.07) is 14.6. The average Bonchev–Trinajstić information content (AvgIpc) is 2.67. The molecule has 1 N–H and O–H groups in total. The molecule has 1 aliphatic heterocycles. The zero-order chi connectivity index (χ0) is 17.3. The van der Waals surface area contributed by atoms with Crippen molar-refractivity contribution in [3.05, 3.63) is 72.1 Å². The van der Waals surface area contributed by atoms with Crippen LogP contribution in [0.4, 0.5) is 0 Å². The van der Waals surface area contributed by atoms with Gasteiger partial charge in [0.05, 0.1) is 0 Å². The molecule has 1 aromatic carbocycles. The maximum Gasteiger partial charge on any atom is 0.244 e. The molecule has 1 aromatic heterocycles. The molecule has 4 nitrogen and oxygen atoms in total. The fourth-order valence-electron chi connectivity index (χ4n) is 3.20. The monoisotopic (exact) mass is 335 g/mol. The van der Waals surface area contributed by atoms with E-state index in [1.165, 1.54) is 5.56 Å². The normalized spacial score (nSPS) is 18.3. The van der Waals surface area contributed by atoms with Crippen molar-refractivity contribution in [2.45, 2.75) is 25.3 Å². The van der Waals surface area contributed by atoms with Gasteiger partial charge in [-0.2, -0.15) is 0 Å². The summed E-state index contributed by atoms with van der Waals surface area (Å²) in [5.74, 6) is -0.0216. The first kappa shape index (κ1) is 17.4. The fraction of sp³-hybridized carbons (Fsp3) is 0.333. The Balaban J connectivity index is 1.45. The number of carbonyl (C=O) groups is 1. The van der Waals surface area contributed by atoms with Crippen molar-refractivity contribution in [1.29, 1.82) is 0 Å². The zero-order valence-corrected chi connectivity index (χ0v) is 14.5. The summed E-state index contributed by atoms with van der Waals surface area (Å²) in [5.41, 5.74) is 2.35. The minimum atomic E-state index is -0.0216. The van der Waals surface area contributed by atoms with E-state index in [0.29, 0.717) is 0 Å². The van der Waals surface area contributed by atoms with Gasteiger partial charge in [-0.25, -0.2) is 0 Å². The second kappa shape index (κ2) is 9.14. The molecule has 0 unspecified atom stereocenters. The molecule has 0 spiro atoms. The number of carbonyl (C=O) groups excluding carboxylic acids is 1. The summed E-state index contributed by atoms with van der Waals surface area (Å²) in [7, 11) is 0. The molecule has 4 heteroatoms. The molecule has 25 heavy (non-hydrogen) atoms. The largest absolute Gasteiger partial charge is 0.349 e. The van der Waals surface area contributed by atoms with Gasteiger partial charge in [-0.3, -0.25) is 9.78 Å². The third-order valence-corrected chi connectivity index (χ3v) is 4.54. The maximum atomic E-state index is 12.1. The molecule has 0 saturated carbocycles. The van der Waals surface area contributed by atoms with Gasteiger partial charge in [0.15, 0.2) is 0 Å². The van der Waals surface area contributed by atoms with Crippen LogP contribution < -0.4 is 5.32 Å². The summed E-state index contributed by atoms with van der Waals surface area (Å²) in [6.45, 7) is 3.09. The predicted molar refractivity (Wildman–Crippen MR) is 101 cm³/mol. The smallest absolute Gasteiger partial charge is 0.244 e. The van der Waals surface area contributed by atoms with Gasteiger partial charge < -0.3 is 10.2 Å². The molecule has 1 amide bonds. The van der Waals surface area contributed by atoms with Gasteiger partial charge in [0.2, 0.25) is 5.91 Å². The number of piperidine rings is 1. The van der Waals surface area contributed by atoms with Crippen LogP contribution in [0, 0.1) is 0 Å². The maximum absolute atomic E-state index is 12.1. The average molecular weight is 335 g/mol. The summed E-state index contributed by atoms with van der Waals surface area (Å²) in [6.07, 6.45) is 10.1. The number of aromatic nitrogens is 1. The molecule has 130 valence electrons. The Hall–Kier alpha value is -2.46. The molecular weight excluding hydrogens is 310 g/mol. The third kappa shape index (κ3) is 5.84. The Morgan fingerprint density at radius 1 is 1.20 bits per heavy atom. The van der Waals surface area contributed by atoms with E-state index < -0.39 is 0 Å². The lowest BCUT2D eigenvalue weighted by Crippen LogP contribution is -2.47. The number of hydrogen-bond acceptors (Lipinski definition) is 3. The van der Waals surface area contributed by atoms with Crippen LogP contribution in [0.15, 0.2) is 60.9 Å². The highest BCUT2D eigenvalue weighted by atomic mass is 16.1. The van der Waals surface area contributed by atoms with Crippen LogP contribution in [-0.2, 0) is 11.2 Å². The van der Waals surface area contributed by atoms with Gasteiger partial charge in [0.1, 0.15) is 0 Å². The number of amides is 1. The summed E-state index contributed by atoms with van der Waals surface area (Å²) >= 11 is 0. The van der Waals surface area contributed by atoms with Crippen molar-refractivity contribution in [3.8, 4) is 0 Å². The first-order valence-corrected chi connectivity index (χ1v) is 8.94. The molecule has 1 fully saturated rings. The van der Waals surface area contributed by atoms with Crippen molar-refractivity contribution in [1.82, 2.24) is 15.2 Å². The molecular formula is C21H25N3O. The first-order valence-electron chi connectivity index (χ1n) is 8.94. The van der Waals surface area contributed by atoms with E-state index in [-0.39, 0.29) is 11.9 Å². The summed E-state index contributed by atoms with van der Waals surface area (Å²) in [5, 5.41) is 3.13. The summed E-state index contributed by atoms with van der Waals surface area (Å²) < 4.78 is 0. The number of nitrogens with zero attached hydrogens (tertiary/aromatic N) is 2. The Kier molecular flexibility index (Phi) is 6.35. The van der Waals surface area contributed by atoms with Crippen LogP contribution in [-0.4, -0.2) is 41.5 Å². The number of nitrogens with one attached hydrogen (secondary N) is 1. The number of hydrogen-bond donors (Lipinski definition) is 1. The lowest BCUT2D eigenvalue weighted by atomic mass is 10.0. The molecule has 0 aliphatic carbocycles. The van der Waals surface area contributed by atoms with Crippen LogP contribution in [0.5, 0.6) is 0 Å². The molecule has 2 aromatic rings. The SMILES string of the molecule is O=C(/C=C/c1ccncc1)N[C@H]1CCCN(CCc2ccccc2)C1. The molecule has 0 bridgehead atoms. The number of pyridine rings is 1. The summed E-state index contributed by atoms with van der Waals surface area (Å²) in [4.78, 5) is 18.6. The van der Waals surface area contributed by atoms with Crippen LogP contribution >= 0.6 is 0 Å². The minimum absolute atomic E-state index is 0.0216. The zero-order valence-electron chi connectivity index (χ0n) is 14.5. The Morgan fingerprint density at radius 2 is 2.00 bits per heavy atom. The van der Waals surface area contributed by atoms with E-state index >= 15 is 0 Å². The van der Waals surface area contributed by atoms with Crippen LogP contribution in [0.25, 0.3) is 6.08 Å². The number of rotatable bonds is 6. The lowest BCUT2D eigenvalue weighted by molar-refractivity contribution is -0.117. The van der Waals surface area contributed by atoms with E-state index in [0.717, 1.165) is 44.5 Å². The highest BCUT2D eigenvalue weighted by Gasteiger charge is 2.20. The molecule has 1 saturated heterocycles. The molecule has 3 rings (SSSR count). The fourth-order valence-corrected chi connectivity index (χ4v) is 3.20. The van der Waals surface area contributed by atoms with E-state index in [2.05, 4.69) is 45.5 Å². The van der Waals surface area contributed by atoms with Gasteiger partial charge in [0, 0.05) is 37.6 Å².